The second-order valence-electron chi connectivity index (χ2n) is 7.99. The Labute approximate surface area is 238 Å². The summed E-state index contributed by atoms with van der Waals surface area (Å²) in [6.07, 6.45) is 0. The molecular formula is C30H35ClFN5O3. The number of nitrogens with zero attached hydrogens (tertiary/aromatic N) is 4. The van der Waals surface area contributed by atoms with Gasteiger partial charge in [0.15, 0.2) is 0 Å². The maximum absolute atomic E-state index is 13.4. The molecule has 0 amide bonds. The number of ether oxygens (including phenoxy) is 1. The van der Waals surface area contributed by atoms with E-state index in [1.54, 1.807) is 55.6 Å². The summed E-state index contributed by atoms with van der Waals surface area (Å²) in [7, 11) is 2.93. The summed E-state index contributed by atoms with van der Waals surface area (Å²) in [5.41, 5.74) is 7.84. The topological polar surface area (TPSA) is 104 Å². The van der Waals surface area contributed by atoms with Crippen molar-refractivity contribution in [1.29, 1.82) is 0 Å². The molecule has 40 heavy (non-hydrogen) atoms. The molecule has 2 aromatic carbocycles. The number of aromatic nitrogens is 3. The molecule has 2 heterocycles. The van der Waals surface area contributed by atoms with Crippen molar-refractivity contribution in [2.24, 2.45) is 12.0 Å². The average molecular weight is 568 g/mol. The molecule has 0 saturated carbocycles. The fourth-order valence-electron chi connectivity index (χ4n) is 3.63. The van der Waals surface area contributed by atoms with Crippen LogP contribution in [0.25, 0.3) is 11.3 Å². The molecule has 0 atom stereocenters. The monoisotopic (exact) mass is 567 g/mol. The third-order valence-electron chi connectivity index (χ3n) is 5.65. The van der Waals surface area contributed by atoms with Crippen molar-refractivity contribution in [3.8, 4) is 17.0 Å². The van der Waals surface area contributed by atoms with Gasteiger partial charge in [-0.05, 0) is 35.4 Å². The van der Waals surface area contributed by atoms with Gasteiger partial charge in [-0.15, -0.1) is 0 Å². The smallest absolute Gasteiger partial charge is 0.332 e. The lowest BCUT2D eigenvalue weighted by Gasteiger charge is -2.15. The van der Waals surface area contributed by atoms with Gasteiger partial charge in [-0.1, -0.05) is 81.8 Å². The van der Waals surface area contributed by atoms with Gasteiger partial charge in [0.2, 0.25) is 5.95 Å². The summed E-state index contributed by atoms with van der Waals surface area (Å²) in [5.74, 6) is 0.0521. The van der Waals surface area contributed by atoms with Crippen LogP contribution < -0.4 is 21.7 Å². The Kier molecular flexibility index (Phi) is 12.3. The number of methoxy groups -OCH3 is 1. The quantitative estimate of drug-likeness (QED) is 0.230. The maximum Gasteiger partial charge on any atom is 0.332 e. The van der Waals surface area contributed by atoms with Gasteiger partial charge < -0.3 is 10.5 Å². The number of hydrogen-bond acceptors (Lipinski definition) is 6. The van der Waals surface area contributed by atoms with E-state index < -0.39 is 17.2 Å². The summed E-state index contributed by atoms with van der Waals surface area (Å²) >= 11 is 6.42. The molecule has 0 aliphatic carbocycles. The van der Waals surface area contributed by atoms with Crippen molar-refractivity contribution < 1.29 is 9.13 Å². The molecule has 0 spiro atoms. The number of pyridine rings is 1. The fourth-order valence-corrected chi connectivity index (χ4v) is 3.87. The molecule has 2 aromatic heterocycles. The molecular weight excluding hydrogens is 533 g/mol. The average Bonchev–Trinajstić information content (AvgIpc) is 3.00. The van der Waals surface area contributed by atoms with Crippen LogP contribution in [0.15, 0.2) is 81.3 Å². The number of nitrogen functional groups attached to an aromatic ring is 1. The highest BCUT2D eigenvalue weighted by Gasteiger charge is 2.19. The van der Waals surface area contributed by atoms with Gasteiger partial charge in [0, 0.05) is 12.6 Å². The third kappa shape index (κ3) is 7.66. The molecule has 0 unspecified atom stereocenters. The molecule has 0 aliphatic heterocycles. The molecule has 0 saturated heterocycles. The summed E-state index contributed by atoms with van der Waals surface area (Å²) in [4.78, 5) is 33.8. The van der Waals surface area contributed by atoms with E-state index in [2.05, 4.69) is 9.98 Å². The summed E-state index contributed by atoms with van der Waals surface area (Å²) < 4.78 is 20.8. The van der Waals surface area contributed by atoms with Crippen LogP contribution in [-0.4, -0.2) is 26.4 Å². The van der Waals surface area contributed by atoms with Gasteiger partial charge in [0.1, 0.15) is 22.3 Å². The molecule has 212 valence electrons. The highest BCUT2D eigenvalue weighted by atomic mass is 35.5. The Hall–Kier alpha value is -4.24. The summed E-state index contributed by atoms with van der Waals surface area (Å²) in [6, 6.07) is 18.9. The summed E-state index contributed by atoms with van der Waals surface area (Å²) in [5, 5.41) is -0.104. The first-order chi connectivity index (χ1) is 19.3. The second kappa shape index (κ2) is 15.4. The number of hydrogen-bond donors (Lipinski definition) is 1. The van der Waals surface area contributed by atoms with E-state index in [0.29, 0.717) is 11.4 Å². The number of anilines is 1. The van der Waals surface area contributed by atoms with E-state index in [1.165, 1.54) is 17.7 Å². The molecule has 8 nitrogen and oxygen atoms in total. The largest absolute Gasteiger partial charge is 0.497 e. The predicted molar refractivity (Wildman–Crippen MR) is 161 cm³/mol. The molecule has 0 fully saturated rings. The maximum atomic E-state index is 13.4. The Balaban J connectivity index is 0.00000134. The second-order valence-corrected chi connectivity index (χ2v) is 8.35. The standard InChI is InChI=1S/C26H23ClFN5O3.2C2H6/c1-32-25(34)22(24(29)33(26(32)35)15-17-8-12-19(36-2)13-9-17)23(27)30-14-16-6-10-18(11-7-16)20-4-3-5-21(28)31-20;2*1-2/h3-13H,14-15,29H2,1-2H3;2*1-2H3. The molecule has 2 N–H and O–H groups in total. The zero-order valence-electron chi connectivity index (χ0n) is 23.6. The first-order valence-corrected chi connectivity index (χ1v) is 13.3. The number of aliphatic imine (C=N–C) groups is 1. The zero-order chi connectivity index (χ0) is 29.8. The van der Waals surface area contributed by atoms with E-state index in [4.69, 9.17) is 22.1 Å². The minimum Gasteiger partial charge on any atom is -0.497 e. The molecule has 4 aromatic rings. The van der Waals surface area contributed by atoms with Gasteiger partial charge >= 0.3 is 5.69 Å². The number of benzene rings is 2. The summed E-state index contributed by atoms with van der Waals surface area (Å²) in [6.45, 7) is 8.30. The normalized spacial score (nSPS) is 10.7. The van der Waals surface area contributed by atoms with Crippen molar-refractivity contribution in [1.82, 2.24) is 14.1 Å². The lowest BCUT2D eigenvalue weighted by atomic mass is 10.1. The number of rotatable bonds is 7. The first-order valence-electron chi connectivity index (χ1n) is 12.9. The van der Waals surface area contributed by atoms with E-state index in [-0.39, 0.29) is 29.6 Å². The van der Waals surface area contributed by atoms with Crippen molar-refractivity contribution in [2.45, 2.75) is 40.8 Å². The van der Waals surface area contributed by atoms with Crippen LogP contribution in [0.5, 0.6) is 5.75 Å². The van der Waals surface area contributed by atoms with Gasteiger partial charge in [-0.2, -0.15) is 4.39 Å². The molecule has 4 rings (SSSR count). The van der Waals surface area contributed by atoms with E-state index in [9.17, 15) is 14.0 Å². The van der Waals surface area contributed by atoms with Gasteiger partial charge in [0.25, 0.3) is 5.56 Å². The number of nitrogens with two attached hydrogens (primary N) is 1. The Bertz CT molecular complexity index is 1550. The Morgan fingerprint density at radius 2 is 1.57 bits per heavy atom. The molecule has 0 radical (unpaired) electrons. The molecule has 0 aliphatic rings. The third-order valence-corrected chi connectivity index (χ3v) is 5.96. The van der Waals surface area contributed by atoms with Crippen LogP contribution in [0.2, 0.25) is 0 Å². The minimum atomic E-state index is -0.634. The number of halogens is 2. The van der Waals surface area contributed by atoms with Crippen LogP contribution >= 0.6 is 11.6 Å². The van der Waals surface area contributed by atoms with Crippen LogP contribution in [0.4, 0.5) is 10.2 Å². The van der Waals surface area contributed by atoms with E-state index >= 15 is 0 Å². The highest BCUT2D eigenvalue weighted by molar-refractivity contribution is 6.70. The van der Waals surface area contributed by atoms with Crippen LogP contribution in [0, 0.1) is 5.95 Å². The van der Waals surface area contributed by atoms with Crippen molar-refractivity contribution in [2.75, 3.05) is 12.8 Å². The molecule has 0 bridgehead atoms. The van der Waals surface area contributed by atoms with E-state index in [0.717, 1.165) is 21.3 Å². The van der Waals surface area contributed by atoms with Crippen molar-refractivity contribution in [3.05, 3.63) is 110 Å². The van der Waals surface area contributed by atoms with Crippen LogP contribution in [-0.2, 0) is 20.1 Å². The Morgan fingerprint density at radius 3 is 2.15 bits per heavy atom. The lowest BCUT2D eigenvalue weighted by Crippen LogP contribution is -2.42. The lowest BCUT2D eigenvalue weighted by molar-refractivity contribution is 0.414. The van der Waals surface area contributed by atoms with Crippen molar-refractivity contribution >= 4 is 22.6 Å². The molecule has 10 heteroatoms. The zero-order valence-corrected chi connectivity index (χ0v) is 24.4. The van der Waals surface area contributed by atoms with Gasteiger partial charge in [0.05, 0.1) is 25.9 Å². The van der Waals surface area contributed by atoms with Gasteiger partial charge in [-0.3, -0.25) is 18.9 Å². The fraction of sp³-hybridized carbons (Fsp3) is 0.267. The first kappa shape index (κ1) is 32.0. The van der Waals surface area contributed by atoms with E-state index in [1.807, 2.05) is 39.8 Å². The minimum absolute atomic E-state index is 0.0483. The highest BCUT2D eigenvalue weighted by Crippen LogP contribution is 2.19. The van der Waals surface area contributed by atoms with Gasteiger partial charge in [-0.25, -0.2) is 9.78 Å². The predicted octanol–water partition coefficient (Wildman–Crippen LogP) is 5.63. The van der Waals surface area contributed by atoms with Crippen LogP contribution in [0.3, 0.4) is 0 Å². The SMILES string of the molecule is CC.CC.COc1ccc(Cn2c(N)c(C(Cl)=NCc3ccc(-c4cccc(F)n4)cc3)c(=O)n(C)c2=O)cc1. The van der Waals surface area contributed by atoms with Crippen molar-refractivity contribution in [3.63, 3.8) is 0 Å². The van der Waals surface area contributed by atoms with Crippen LogP contribution in [0.1, 0.15) is 44.4 Å². The Morgan fingerprint density at radius 1 is 0.975 bits per heavy atom.